The molecule has 4 bridgehead atoms. The lowest BCUT2D eigenvalue weighted by Gasteiger charge is -2.58. The number of aliphatic hydroxyl groups is 1. The number of hydrogen-bond acceptors (Lipinski definition) is 7. The molecule has 4 aliphatic carbocycles. The van der Waals surface area contributed by atoms with Gasteiger partial charge in [0.2, 0.25) is 5.91 Å². The van der Waals surface area contributed by atoms with Gasteiger partial charge in [0, 0.05) is 18.7 Å². The number of aliphatic hydroxyl groups excluding tert-OH is 1. The van der Waals surface area contributed by atoms with Crippen LogP contribution in [0.3, 0.4) is 0 Å². The minimum Gasteiger partial charge on any atom is -0.444 e. The van der Waals surface area contributed by atoms with Crippen LogP contribution in [-0.4, -0.2) is 62.8 Å². The molecule has 4 fully saturated rings. The van der Waals surface area contributed by atoms with Gasteiger partial charge in [-0.1, -0.05) is 0 Å². The van der Waals surface area contributed by atoms with E-state index in [0.717, 1.165) is 54.1 Å². The van der Waals surface area contributed by atoms with E-state index in [9.17, 15) is 14.7 Å². The van der Waals surface area contributed by atoms with Crippen LogP contribution in [0.15, 0.2) is 6.33 Å². The van der Waals surface area contributed by atoms with Crippen molar-refractivity contribution >= 4 is 17.8 Å². The molecule has 6 rings (SSSR count). The summed E-state index contributed by atoms with van der Waals surface area (Å²) >= 11 is 0. The molecule has 198 valence electrons. The minimum absolute atomic E-state index is 0.0648. The number of fused-ring (bicyclic) bond motifs is 1. The van der Waals surface area contributed by atoms with E-state index in [0.29, 0.717) is 26.1 Å². The minimum atomic E-state index is -0.698. The normalized spacial score (nSPS) is 30.4. The second kappa shape index (κ2) is 9.47. The molecule has 1 unspecified atom stereocenters. The first kappa shape index (κ1) is 25.2. The number of alkyl carbamates (subject to hydrolysis) is 1. The quantitative estimate of drug-likeness (QED) is 0.550. The maximum Gasteiger partial charge on any atom is 0.408 e. The number of nitrogens with zero attached hydrogens (tertiary/aromatic N) is 3. The smallest absolute Gasteiger partial charge is 0.408 e. The van der Waals surface area contributed by atoms with Crippen LogP contribution in [0.5, 0.6) is 0 Å². The van der Waals surface area contributed by atoms with Gasteiger partial charge in [-0.2, -0.15) is 0 Å². The summed E-state index contributed by atoms with van der Waals surface area (Å²) < 4.78 is 5.27. The highest BCUT2D eigenvalue weighted by Crippen LogP contribution is 2.61. The van der Waals surface area contributed by atoms with Crippen molar-refractivity contribution in [1.82, 2.24) is 20.2 Å². The van der Waals surface area contributed by atoms with Crippen molar-refractivity contribution in [1.29, 1.82) is 0 Å². The zero-order valence-electron chi connectivity index (χ0n) is 22.0. The lowest BCUT2D eigenvalue weighted by Crippen LogP contribution is -2.53. The van der Waals surface area contributed by atoms with Crippen molar-refractivity contribution in [3.63, 3.8) is 0 Å². The van der Waals surface area contributed by atoms with E-state index in [-0.39, 0.29) is 17.4 Å². The van der Waals surface area contributed by atoms with Crippen molar-refractivity contribution < 1.29 is 19.4 Å². The lowest BCUT2D eigenvalue weighted by molar-refractivity contribution is -0.134. The Morgan fingerprint density at radius 1 is 1.17 bits per heavy atom. The van der Waals surface area contributed by atoms with Gasteiger partial charge < -0.3 is 25.4 Å². The predicted octanol–water partition coefficient (Wildman–Crippen LogP) is 3.26. The van der Waals surface area contributed by atoms with Gasteiger partial charge >= 0.3 is 6.09 Å². The molecule has 2 atom stereocenters. The molecule has 5 aliphatic rings. The molecule has 9 heteroatoms. The third kappa shape index (κ3) is 5.17. The molecule has 1 aliphatic heterocycles. The summed E-state index contributed by atoms with van der Waals surface area (Å²) in [5.41, 5.74) is 1.25. The van der Waals surface area contributed by atoms with Crippen molar-refractivity contribution in [3.8, 4) is 0 Å². The number of carbonyl (C=O) groups is 2. The standard InChI is InChI=1S/C27H41N5O4/c1-16(31-25(35)36-26(2,3)4)24(34)32-6-5-20-21(14-32)29-15-30-23(20)28-13-22(33)27-10-17-7-18(11-27)9-19(8-17)12-27/h15-19,22,33H,5-14H2,1-4H3,(H,31,35)(H,28,29,30)/t16?,17?,18?,19?,22-,27?/m1/s1. The van der Waals surface area contributed by atoms with E-state index < -0.39 is 17.7 Å². The van der Waals surface area contributed by atoms with Crippen LogP contribution in [0.1, 0.15) is 77.5 Å². The molecule has 0 radical (unpaired) electrons. The second-order valence-corrected chi connectivity index (χ2v) is 12.7. The molecular formula is C27H41N5O4. The zero-order valence-corrected chi connectivity index (χ0v) is 22.0. The average Bonchev–Trinajstić information content (AvgIpc) is 2.79. The largest absolute Gasteiger partial charge is 0.444 e. The monoisotopic (exact) mass is 499 g/mol. The van der Waals surface area contributed by atoms with E-state index in [1.165, 1.54) is 25.6 Å². The molecule has 0 aromatic carbocycles. The van der Waals surface area contributed by atoms with E-state index in [4.69, 9.17) is 4.74 Å². The van der Waals surface area contributed by atoms with E-state index in [1.807, 2.05) is 0 Å². The van der Waals surface area contributed by atoms with E-state index in [1.54, 1.807) is 32.6 Å². The fraction of sp³-hybridized carbons (Fsp3) is 0.778. The summed E-state index contributed by atoms with van der Waals surface area (Å²) in [6, 6.07) is -0.698. The molecule has 2 amide bonds. The number of rotatable bonds is 6. The summed E-state index contributed by atoms with van der Waals surface area (Å²) in [7, 11) is 0. The van der Waals surface area contributed by atoms with Crippen LogP contribution in [0.2, 0.25) is 0 Å². The number of aromatic nitrogens is 2. The first-order valence-corrected chi connectivity index (χ1v) is 13.5. The summed E-state index contributed by atoms with van der Waals surface area (Å²) in [6.45, 7) is 8.40. The summed E-state index contributed by atoms with van der Waals surface area (Å²) in [4.78, 5) is 35.7. The van der Waals surface area contributed by atoms with Crippen LogP contribution in [0.4, 0.5) is 10.6 Å². The fourth-order valence-corrected chi connectivity index (χ4v) is 7.51. The highest BCUT2D eigenvalue weighted by molar-refractivity contribution is 5.85. The highest BCUT2D eigenvalue weighted by atomic mass is 16.6. The maximum atomic E-state index is 13.0. The summed E-state index contributed by atoms with van der Waals surface area (Å²) in [5, 5.41) is 17.4. The number of amides is 2. The van der Waals surface area contributed by atoms with Gasteiger partial charge in [-0.05, 0) is 95.8 Å². The third-order valence-electron chi connectivity index (χ3n) is 8.68. The Kier molecular flexibility index (Phi) is 6.64. The van der Waals surface area contributed by atoms with Crippen molar-refractivity contribution in [2.24, 2.45) is 23.2 Å². The second-order valence-electron chi connectivity index (χ2n) is 12.7. The molecule has 0 saturated heterocycles. The molecule has 1 aromatic rings. The SMILES string of the molecule is CC(NC(=O)OC(C)(C)C)C(=O)N1CCc2c(ncnc2NC[C@@H](O)C23CC4CC(CC(C4)C2)C3)C1. The van der Waals surface area contributed by atoms with Gasteiger partial charge in [0.25, 0.3) is 0 Å². The number of hydrogen-bond donors (Lipinski definition) is 3. The van der Waals surface area contributed by atoms with E-state index in [2.05, 4.69) is 20.6 Å². The number of ether oxygens (including phenoxy) is 1. The first-order chi connectivity index (χ1) is 17.0. The Bertz CT molecular complexity index is 971. The molecular weight excluding hydrogens is 458 g/mol. The topological polar surface area (TPSA) is 117 Å². The Balaban J connectivity index is 1.18. The summed E-state index contributed by atoms with van der Waals surface area (Å²) in [5.74, 6) is 2.99. The van der Waals surface area contributed by atoms with Gasteiger partial charge in [-0.25, -0.2) is 14.8 Å². The van der Waals surface area contributed by atoms with Crippen LogP contribution in [0.25, 0.3) is 0 Å². The number of nitrogens with one attached hydrogen (secondary N) is 2. The molecule has 9 nitrogen and oxygen atoms in total. The molecule has 1 aromatic heterocycles. The Morgan fingerprint density at radius 3 is 2.42 bits per heavy atom. The first-order valence-electron chi connectivity index (χ1n) is 13.5. The van der Waals surface area contributed by atoms with Crippen molar-refractivity contribution in [2.75, 3.05) is 18.4 Å². The van der Waals surface area contributed by atoms with Crippen molar-refractivity contribution in [3.05, 3.63) is 17.6 Å². The maximum absolute atomic E-state index is 13.0. The van der Waals surface area contributed by atoms with Gasteiger partial charge in [0.15, 0.2) is 0 Å². The fourth-order valence-electron chi connectivity index (χ4n) is 7.51. The molecule has 2 heterocycles. The number of carbonyl (C=O) groups excluding carboxylic acids is 2. The van der Waals surface area contributed by atoms with Gasteiger partial charge in [-0.15, -0.1) is 0 Å². The average molecular weight is 500 g/mol. The van der Waals surface area contributed by atoms with Crippen LogP contribution >= 0.6 is 0 Å². The number of anilines is 1. The predicted molar refractivity (Wildman–Crippen MR) is 135 cm³/mol. The third-order valence-corrected chi connectivity index (χ3v) is 8.68. The van der Waals surface area contributed by atoms with Gasteiger partial charge in [-0.3, -0.25) is 4.79 Å². The van der Waals surface area contributed by atoms with Crippen LogP contribution in [0, 0.1) is 23.2 Å². The molecule has 4 saturated carbocycles. The Morgan fingerprint density at radius 2 is 1.81 bits per heavy atom. The molecule has 3 N–H and O–H groups in total. The Labute approximate surface area is 213 Å². The Hall–Kier alpha value is -2.42. The molecule has 36 heavy (non-hydrogen) atoms. The van der Waals surface area contributed by atoms with Gasteiger partial charge in [0.05, 0.1) is 18.3 Å². The van der Waals surface area contributed by atoms with Crippen molar-refractivity contribution in [2.45, 2.75) is 96.9 Å². The van der Waals surface area contributed by atoms with Gasteiger partial charge in [0.1, 0.15) is 23.8 Å². The zero-order chi connectivity index (χ0) is 25.7. The highest BCUT2D eigenvalue weighted by Gasteiger charge is 2.53. The van der Waals surface area contributed by atoms with E-state index >= 15 is 0 Å². The molecule has 0 spiro atoms. The summed E-state index contributed by atoms with van der Waals surface area (Å²) in [6.07, 6.45) is 8.74. The van der Waals surface area contributed by atoms with Crippen LogP contribution < -0.4 is 10.6 Å². The lowest BCUT2D eigenvalue weighted by atomic mass is 9.48. The van der Waals surface area contributed by atoms with Crippen LogP contribution in [-0.2, 0) is 22.5 Å².